The molecule has 31 heavy (non-hydrogen) atoms. The first kappa shape index (κ1) is 20.6. The van der Waals surface area contributed by atoms with Gasteiger partial charge in [0, 0.05) is 22.2 Å². The molecule has 0 aliphatic rings. The molecule has 8 heteroatoms. The first-order valence-corrected chi connectivity index (χ1v) is 10.00. The molecule has 3 aromatic carbocycles. The normalized spacial score (nSPS) is 10.7. The minimum Gasteiger partial charge on any atom is -0.491 e. The largest absolute Gasteiger partial charge is 0.491 e. The number of nitrogens with one attached hydrogen (secondary N) is 1. The summed E-state index contributed by atoms with van der Waals surface area (Å²) in [5.74, 6) is -6.01. The highest BCUT2D eigenvalue weighted by Gasteiger charge is 2.23. The summed E-state index contributed by atoms with van der Waals surface area (Å²) in [5, 5.41) is 5.28. The first-order chi connectivity index (χ1) is 15.0. The highest BCUT2D eigenvalue weighted by molar-refractivity contribution is 7.13. The van der Waals surface area contributed by atoms with Crippen molar-refractivity contribution in [1.29, 1.82) is 0 Å². The number of halogens is 3. The number of anilines is 1. The van der Waals surface area contributed by atoms with Crippen LogP contribution in [0, 0.1) is 17.5 Å². The van der Waals surface area contributed by atoms with Gasteiger partial charge in [-0.15, -0.1) is 11.3 Å². The molecule has 156 valence electrons. The number of thiazole rings is 1. The maximum atomic E-state index is 14.3. The molecular formula is C23H15F3N2O2S. The molecule has 0 spiro atoms. The Balaban J connectivity index is 1.53. The molecule has 0 fully saturated rings. The van der Waals surface area contributed by atoms with Gasteiger partial charge in [-0.05, 0) is 18.2 Å². The Hall–Kier alpha value is -3.65. The summed E-state index contributed by atoms with van der Waals surface area (Å²) in [6, 6.07) is 17.0. The van der Waals surface area contributed by atoms with E-state index in [2.05, 4.69) is 15.0 Å². The molecule has 0 aliphatic heterocycles. The highest BCUT2D eigenvalue weighted by atomic mass is 32.1. The Morgan fingerprint density at radius 2 is 1.68 bits per heavy atom. The fourth-order valence-corrected chi connectivity index (χ4v) is 3.80. The third-order valence-electron chi connectivity index (χ3n) is 4.53. The van der Waals surface area contributed by atoms with Crippen LogP contribution in [0.5, 0.6) is 5.75 Å². The predicted octanol–water partition coefficient (Wildman–Crippen LogP) is 6.16. The number of hydrogen-bond donors (Lipinski definition) is 1. The van der Waals surface area contributed by atoms with Crippen LogP contribution in [-0.4, -0.2) is 18.0 Å². The van der Waals surface area contributed by atoms with E-state index in [0.717, 1.165) is 28.9 Å². The average Bonchev–Trinajstić information content (AvgIpc) is 3.28. The summed E-state index contributed by atoms with van der Waals surface area (Å²) in [6.07, 6.45) is 0. The molecule has 0 aliphatic carbocycles. The van der Waals surface area contributed by atoms with Gasteiger partial charge < -0.3 is 10.1 Å². The fraction of sp³-hybridized carbons (Fsp3) is 0.0435. The van der Waals surface area contributed by atoms with Gasteiger partial charge in [0.15, 0.2) is 17.4 Å². The fourth-order valence-electron chi connectivity index (χ4n) is 2.97. The van der Waals surface area contributed by atoms with Gasteiger partial charge in [-0.2, -0.15) is 4.39 Å². The predicted molar refractivity (Wildman–Crippen MR) is 114 cm³/mol. The molecule has 4 rings (SSSR count). The molecule has 4 nitrogen and oxygen atoms in total. The lowest BCUT2D eigenvalue weighted by atomic mass is 10.1. The molecule has 1 N–H and O–H groups in total. The van der Waals surface area contributed by atoms with E-state index in [1.807, 2.05) is 35.7 Å². The van der Waals surface area contributed by atoms with Crippen molar-refractivity contribution in [2.24, 2.45) is 0 Å². The van der Waals surface area contributed by atoms with Crippen molar-refractivity contribution < 1.29 is 22.7 Å². The smallest absolute Gasteiger partial charge is 0.258 e. The number of benzene rings is 3. The van der Waals surface area contributed by atoms with Crippen LogP contribution in [0.2, 0.25) is 0 Å². The Kier molecular flexibility index (Phi) is 5.73. The summed E-state index contributed by atoms with van der Waals surface area (Å²) >= 11 is 1.52. The SMILES string of the molecule is COc1c(F)c(F)cc(C(=O)Nc2ccc(-c3csc(-c4ccccc4)n3)cc2)c1F. The second-order valence-corrected chi connectivity index (χ2v) is 7.36. The van der Waals surface area contributed by atoms with E-state index in [9.17, 15) is 18.0 Å². The number of carbonyl (C=O) groups excluding carboxylic acids is 1. The molecule has 1 aromatic heterocycles. The lowest BCUT2D eigenvalue weighted by Gasteiger charge is -2.10. The molecule has 1 amide bonds. The summed E-state index contributed by atoms with van der Waals surface area (Å²) in [4.78, 5) is 17.0. The van der Waals surface area contributed by atoms with E-state index < -0.39 is 34.7 Å². The van der Waals surface area contributed by atoms with Gasteiger partial charge in [0.2, 0.25) is 5.82 Å². The standard InChI is InChI=1S/C23H15F3N2O2S/c1-30-21-19(25)16(11-17(24)20(21)26)22(29)27-15-9-7-13(8-10-15)18-12-31-23(28-18)14-5-3-2-4-6-14/h2-12H,1H3,(H,27,29). The lowest BCUT2D eigenvalue weighted by molar-refractivity contribution is 0.102. The zero-order chi connectivity index (χ0) is 22.0. The number of aromatic nitrogens is 1. The number of methoxy groups -OCH3 is 1. The lowest BCUT2D eigenvalue weighted by Crippen LogP contribution is -2.15. The number of hydrogen-bond acceptors (Lipinski definition) is 4. The van der Waals surface area contributed by atoms with Crippen molar-refractivity contribution in [2.45, 2.75) is 0 Å². The molecule has 4 aromatic rings. The summed E-state index contributed by atoms with van der Waals surface area (Å²) in [7, 11) is 0.989. The number of nitrogens with zero attached hydrogens (tertiary/aromatic N) is 1. The van der Waals surface area contributed by atoms with E-state index in [1.54, 1.807) is 24.3 Å². The molecule has 0 saturated heterocycles. The Morgan fingerprint density at radius 3 is 2.35 bits per heavy atom. The van der Waals surface area contributed by atoms with E-state index in [-0.39, 0.29) is 0 Å². The summed E-state index contributed by atoms with van der Waals surface area (Å²) in [6.45, 7) is 0. The van der Waals surface area contributed by atoms with Gasteiger partial charge in [0.1, 0.15) is 5.01 Å². The van der Waals surface area contributed by atoms with Crippen LogP contribution >= 0.6 is 11.3 Å². The van der Waals surface area contributed by atoms with Crippen LogP contribution in [0.25, 0.3) is 21.8 Å². The molecular weight excluding hydrogens is 425 g/mol. The number of ether oxygens (including phenoxy) is 1. The quantitative estimate of drug-likeness (QED) is 0.379. The Labute approximate surface area is 180 Å². The number of rotatable bonds is 5. The molecule has 1 heterocycles. The van der Waals surface area contributed by atoms with Gasteiger partial charge >= 0.3 is 0 Å². The third kappa shape index (κ3) is 4.15. The Morgan fingerprint density at radius 1 is 0.968 bits per heavy atom. The second kappa shape index (κ2) is 8.61. The molecule has 0 saturated carbocycles. The zero-order valence-electron chi connectivity index (χ0n) is 16.2. The molecule has 0 bridgehead atoms. The van der Waals surface area contributed by atoms with Crippen molar-refractivity contribution in [3.8, 4) is 27.6 Å². The molecule has 0 unspecified atom stereocenters. The Bertz CT molecular complexity index is 1240. The van der Waals surface area contributed by atoms with Gasteiger partial charge in [-0.3, -0.25) is 4.79 Å². The van der Waals surface area contributed by atoms with Gasteiger partial charge in [0.05, 0.1) is 18.4 Å². The van der Waals surface area contributed by atoms with Crippen LogP contribution in [-0.2, 0) is 0 Å². The van der Waals surface area contributed by atoms with Gasteiger partial charge in [-0.1, -0.05) is 42.5 Å². The van der Waals surface area contributed by atoms with Crippen LogP contribution in [0.1, 0.15) is 10.4 Å². The van der Waals surface area contributed by atoms with Crippen molar-refractivity contribution in [3.05, 3.63) is 89.1 Å². The van der Waals surface area contributed by atoms with Crippen molar-refractivity contribution >= 4 is 22.9 Å². The average molecular weight is 440 g/mol. The molecule has 0 atom stereocenters. The zero-order valence-corrected chi connectivity index (χ0v) is 17.0. The maximum absolute atomic E-state index is 14.3. The van der Waals surface area contributed by atoms with E-state index in [0.29, 0.717) is 11.8 Å². The van der Waals surface area contributed by atoms with Gasteiger partial charge in [0.25, 0.3) is 5.91 Å². The first-order valence-electron chi connectivity index (χ1n) is 9.12. The van der Waals surface area contributed by atoms with Crippen molar-refractivity contribution in [1.82, 2.24) is 4.98 Å². The van der Waals surface area contributed by atoms with E-state index >= 15 is 0 Å². The van der Waals surface area contributed by atoms with Crippen LogP contribution < -0.4 is 10.1 Å². The minimum absolute atomic E-state index is 0.357. The van der Waals surface area contributed by atoms with Crippen LogP contribution in [0.3, 0.4) is 0 Å². The minimum atomic E-state index is -1.49. The van der Waals surface area contributed by atoms with Gasteiger partial charge in [-0.25, -0.2) is 13.8 Å². The maximum Gasteiger partial charge on any atom is 0.258 e. The highest BCUT2D eigenvalue weighted by Crippen LogP contribution is 2.30. The van der Waals surface area contributed by atoms with Crippen LogP contribution in [0.15, 0.2) is 66.0 Å². The van der Waals surface area contributed by atoms with E-state index in [1.165, 1.54) is 11.3 Å². The summed E-state index contributed by atoms with van der Waals surface area (Å²) < 4.78 is 46.1. The topological polar surface area (TPSA) is 51.2 Å². The third-order valence-corrected chi connectivity index (χ3v) is 5.42. The summed E-state index contributed by atoms with van der Waals surface area (Å²) in [5.41, 5.74) is 2.32. The monoisotopic (exact) mass is 440 g/mol. The van der Waals surface area contributed by atoms with Crippen molar-refractivity contribution in [3.63, 3.8) is 0 Å². The second-order valence-electron chi connectivity index (χ2n) is 6.50. The molecule has 0 radical (unpaired) electrons. The van der Waals surface area contributed by atoms with Crippen molar-refractivity contribution in [2.75, 3.05) is 12.4 Å². The van der Waals surface area contributed by atoms with E-state index in [4.69, 9.17) is 0 Å². The van der Waals surface area contributed by atoms with Crippen LogP contribution in [0.4, 0.5) is 18.9 Å². The number of amides is 1. The number of carbonyl (C=O) groups is 1.